The van der Waals surface area contributed by atoms with Crippen LogP contribution < -0.4 is 4.52 Å². The predicted octanol–water partition coefficient (Wildman–Crippen LogP) is 1.10. The van der Waals surface area contributed by atoms with E-state index in [4.69, 9.17) is 9.63 Å². The third kappa shape index (κ3) is 6.55. The van der Waals surface area contributed by atoms with Crippen molar-refractivity contribution in [1.29, 1.82) is 0 Å². The fraction of sp³-hybridized carbons (Fsp3) is 0.222. The summed E-state index contributed by atoms with van der Waals surface area (Å²) in [6.07, 6.45) is -0.0421. The second-order valence-electron chi connectivity index (χ2n) is 2.68. The highest BCUT2D eigenvalue weighted by atomic mass is 31.1. The highest BCUT2D eigenvalue weighted by Crippen LogP contribution is 2.26. The second-order valence-corrected chi connectivity index (χ2v) is 4.13. The van der Waals surface area contributed by atoms with E-state index in [0.29, 0.717) is 5.75 Å². The van der Waals surface area contributed by atoms with E-state index in [0.717, 1.165) is 0 Å². The van der Waals surface area contributed by atoms with Crippen molar-refractivity contribution >= 4 is 37.1 Å². The van der Waals surface area contributed by atoms with Crippen LogP contribution in [0.3, 0.4) is 0 Å². The quantitative estimate of drug-likeness (QED) is 0.618. The zero-order valence-corrected chi connectivity index (χ0v) is 8.47. The zero-order chi connectivity index (χ0) is 10.4. The Kier molecular flexibility index (Phi) is 7.47. The summed E-state index contributed by atoms with van der Waals surface area (Å²) >= 11 is 0. The first kappa shape index (κ1) is 14.5. The van der Waals surface area contributed by atoms with E-state index in [1.54, 1.807) is 24.3 Å². The number of carboxylic acids is 1. The summed E-state index contributed by atoms with van der Waals surface area (Å²) in [5, 5.41) is 8.35. The van der Waals surface area contributed by atoms with Crippen LogP contribution >= 0.6 is 8.03 Å². The van der Waals surface area contributed by atoms with Gasteiger partial charge in [-0.15, -0.1) is 0 Å². The molecule has 0 aliphatic heterocycles. The fourth-order valence-corrected chi connectivity index (χ4v) is 1.80. The molecule has 80 valence electrons. The maximum Gasteiger partial charge on any atom is 0.316 e. The Morgan fingerprint density at radius 3 is 2.47 bits per heavy atom. The van der Waals surface area contributed by atoms with E-state index in [9.17, 15) is 9.36 Å². The molecule has 1 unspecified atom stereocenters. The highest BCUT2D eigenvalue weighted by molar-refractivity contribution is 7.39. The van der Waals surface area contributed by atoms with E-state index in [2.05, 4.69) is 0 Å². The first-order valence-corrected chi connectivity index (χ1v) is 5.68. The second kappa shape index (κ2) is 7.74. The minimum absolute atomic E-state index is 0. The summed E-state index contributed by atoms with van der Waals surface area (Å²) in [4.78, 5) is 10.2. The summed E-state index contributed by atoms with van der Waals surface area (Å²) in [7, 11) is -2.27. The maximum atomic E-state index is 11.2. The van der Waals surface area contributed by atoms with Gasteiger partial charge in [-0.05, 0) is 12.1 Å². The van der Waals surface area contributed by atoms with Crippen LogP contribution in [0.5, 0.6) is 5.75 Å². The van der Waals surface area contributed by atoms with Gasteiger partial charge in [-0.1, -0.05) is 18.2 Å². The van der Waals surface area contributed by atoms with E-state index in [1.807, 2.05) is 6.07 Å². The molecule has 0 saturated heterocycles. The molecule has 0 spiro atoms. The number of hydrogen-bond acceptors (Lipinski definition) is 3. The van der Waals surface area contributed by atoms with Crippen LogP contribution in [0.4, 0.5) is 0 Å². The average molecular weight is 240 g/mol. The van der Waals surface area contributed by atoms with Crippen molar-refractivity contribution in [2.45, 2.75) is 6.42 Å². The molecule has 1 atom stereocenters. The molecule has 0 saturated carbocycles. The van der Waals surface area contributed by atoms with Crippen LogP contribution in [-0.4, -0.2) is 40.3 Å². The summed E-state index contributed by atoms with van der Waals surface area (Å²) < 4.78 is 16.3. The van der Waals surface area contributed by atoms with Gasteiger partial charge in [-0.3, -0.25) is 9.36 Å². The average Bonchev–Trinajstić information content (AvgIpc) is 2.16. The molecule has 15 heavy (non-hydrogen) atoms. The van der Waals surface area contributed by atoms with Gasteiger partial charge in [0.05, 0.1) is 6.42 Å². The highest BCUT2D eigenvalue weighted by Gasteiger charge is 2.04. The van der Waals surface area contributed by atoms with Gasteiger partial charge in [0.25, 0.3) is 0 Å². The first-order valence-electron chi connectivity index (χ1n) is 4.16. The molecule has 1 aromatic carbocycles. The number of para-hydroxylation sites is 1. The Hall–Kier alpha value is -0.514. The van der Waals surface area contributed by atoms with Crippen molar-refractivity contribution in [2.75, 3.05) is 6.16 Å². The van der Waals surface area contributed by atoms with Gasteiger partial charge in [0, 0.05) is 6.16 Å². The molecular formula is C9H13MgO4P. The van der Waals surface area contributed by atoms with E-state index in [-0.39, 0.29) is 35.6 Å². The van der Waals surface area contributed by atoms with E-state index >= 15 is 0 Å². The molecule has 0 aliphatic carbocycles. The maximum absolute atomic E-state index is 11.2. The Labute approximate surface area is 105 Å². The molecule has 0 heterocycles. The molecule has 1 N–H and O–H groups in total. The lowest BCUT2D eigenvalue weighted by Gasteiger charge is -2.03. The Morgan fingerprint density at radius 1 is 1.33 bits per heavy atom. The van der Waals surface area contributed by atoms with Gasteiger partial charge in [-0.2, -0.15) is 0 Å². The minimum Gasteiger partial charge on any atom is -0.481 e. The number of benzene rings is 1. The first-order chi connectivity index (χ1) is 6.68. The molecular weight excluding hydrogens is 227 g/mol. The van der Waals surface area contributed by atoms with E-state index in [1.165, 1.54) is 0 Å². The fourth-order valence-electron chi connectivity index (χ4n) is 0.880. The summed E-state index contributed by atoms with van der Waals surface area (Å²) in [5.74, 6) is -0.443. The van der Waals surface area contributed by atoms with Gasteiger partial charge < -0.3 is 9.63 Å². The summed E-state index contributed by atoms with van der Waals surface area (Å²) in [6.45, 7) is 0. The van der Waals surface area contributed by atoms with Crippen molar-refractivity contribution in [3.8, 4) is 5.75 Å². The van der Waals surface area contributed by atoms with Crippen LogP contribution in [-0.2, 0) is 9.36 Å². The predicted molar refractivity (Wildman–Crippen MR) is 61.7 cm³/mol. The number of rotatable bonds is 5. The number of aliphatic carboxylic acids is 1. The van der Waals surface area contributed by atoms with Crippen molar-refractivity contribution in [2.24, 2.45) is 0 Å². The Morgan fingerprint density at radius 2 is 1.93 bits per heavy atom. The SMILES string of the molecule is O=C(O)CC[PH](=O)Oc1ccccc1.[MgH2]. The van der Waals surface area contributed by atoms with Crippen LogP contribution in [0.15, 0.2) is 30.3 Å². The third-order valence-electron chi connectivity index (χ3n) is 1.52. The van der Waals surface area contributed by atoms with Crippen molar-refractivity contribution < 1.29 is 19.0 Å². The third-order valence-corrected chi connectivity index (χ3v) is 2.64. The molecule has 0 aliphatic rings. The molecule has 0 bridgehead atoms. The molecule has 6 heteroatoms. The molecule has 4 nitrogen and oxygen atoms in total. The topological polar surface area (TPSA) is 63.6 Å². The number of carbonyl (C=O) groups is 1. The van der Waals surface area contributed by atoms with E-state index < -0.39 is 14.0 Å². The summed E-state index contributed by atoms with van der Waals surface area (Å²) in [6, 6.07) is 8.72. The lowest BCUT2D eigenvalue weighted by atomic mass is 10.3. The summed E-state index contributed by atoms with van der Waals surface area (Å²) in [5.41, 5.74) is 0. The molecule has 0 fully saturated rings. The Balaban J connectivity index is 0.00000196. The standard InChI is InChI=1S/C9H11O4P.Mg.2H/c10-9(11)6-7-14(12)13-8-4-2-1-3-5-8;;;/h1-5,14H,6-7H2,(H,10,11);;;. The lowest BCUT2D eigenvalue weighted by molar-refractivity contribution is -0.136. The van der Waals surface area contributed by atoms with Crippen LogP contribution in [0.1, 0.15) is 6.42 Å². The Bertz CT molecular complexity index is 328. The molecule has 1 rings (SSSR count). The molecule has 0 amide bonds. The van der Waals surface area contributed by atoms with Gasteiger partial charge >= 0.3 is 29.0 Å². The number of hydrogen-bond donors (Lipinski definition) is 1. The van der Waals surface area contributed by atoms with Gasteiger partial charge in [0.1, 0.15) is 5.75 Å². The molecule has 0 radical (unpaired) electrons. The molecule has 1 aromatic rings. The van der Waals surface area contributed by atoms with Crippen molar-refractivity contribution in [3.05, 3.63) is 30.3 Å². The molecule has 0 aromatic heterocycles. The van der Waals surface area contributed by atoms with Gasteiger partial charge in [0.15, 0.2) is 0 Å². The lowest BCUT2D eigenvalue weighted by Crippen LogP contribution is -1.97. The zero-order valence-electron chi connectivity index (χ0n) is 7.47. The van der Waals surface area contributed by atoms with Gasteiger partial charge in [0.2, 0.25) is 8.03 Å². The van der Waals surface area contributed by atoms with Crippen LogP contribution in [0.25, 0.3) is 0 Å². The smallest absolute Gasteiger partial charge is 0.316 e. The van der Waals surface area contributed by atoms with Crippen molar-refractivity contribution in [3.63, 3.8) is 0 Å². The largest absolute Gasteiger partial charge is 0.481 e. The van der Waals surface area contributed by atoms with Gasteiger partial charge in [-0.25, -0.2) is 0 Å². The number of carboxylic acid groups (broad SMARTS) is 1. The monoisotopic (exact) mass is 240 g/mol. The minimum atomic E-state index is -2.27. The normalized spacial score (nSPS) is 11.2. The van der Waals surface area contributed by atoms with Crippen LogP contribution in [0, 0.1) is 0 Å². The van der Waals surface area contributed by atoms with Crippen molar-refractivity contribution in [1.82, 2.24) is 0 Å². The van der Waals surface area contributed by atoms with Crippen LogP contribution in [0.2, 0.25) is 0 Å².